The Kier molecular flexibility index (Phi) is 2.30. The van der Waals surface area contributed by atoms with Crippen LogP contribution in [0, 0.1) is 0 Å². The molecule has 0 bridgehead atoms. The van der Waals surface area contributed by atoms with Crippen LogP contribution in [0.15, 0.2) is 5.16 Å². The normalized spacial score (nSPS) is 22.7. The van der Waals surface area contributed by atoms with Gasteiger partial charge in [0.2, 0.25) is 12.0 Å². The molecule has 0 fully saturated rings. The van der Waals surface area contributed by atoms with Crippen LogP contribution in [-0.4, -0.2) is 31.7 Å². The van der Waals surface area contributed by atoms with Gasteiger partial charge in [0.05, 0.1) is 7.11 Å². The average molecular weight is 159 g/mol. The molecule has 1 unspecified atom stereocenters. The minimum Gasteiger partial charge on any atom is -0.466 e. The van der Waals surface area contributed by atoms with Crippen LogP contribution in [0.3, 0.4) is 0 Å². The molecule has 5 nitrogen and oxygen atoms in total. The summed E-state index contributed by atoms with van der Waals surface area (Å²) in [6.45, 7) is 1.72. The minimum absolute atomic E-state index is 0.115. The Morgan fingerprint density at radius 2 is 2.55 bits per heavy atom. The number of ether oxygens (including phenoxy) is 2. The predicted octanol–water partition coefficient (Wildman–Crippen LogP) is -0.0918. The summed E-state index contributed by atoms with van der Waals surface area (Å²) in [6.07, 6.45) is -0.669. The molecular weight excluding hydrogens is 150 g/mol. The van der Waals surface area contributed by atoms with Gasteiger partial charge in [0, 0.05) is 6.92 Å². The summed E-state index contributed by atoms with van der Waals surface area (Å²) >= 11 is 0. The molecule has 0 aromatic rings. The largest absolute Gasteiger partial charge is 0.466 e. The van der Waals surface area contributed by atoms with Gasteiger partial charge in [-0.1, -0.05) is 5.16 Å². The lowest BCUT2D eigenvalue weighted by molar-refractivity contribution is -0.154. The number of rotatable bonds is 1. The Morgan fingerprint density at radius 3 is 3.09 bits per heavy atom. The van der Waals surface area contributed by atoms with E-state index in [1.807, 2.05) is 0 Å². The van der Waals surface area contributed by atoms with Crippen LogP contribution in [0.5, 0.6) is 0 Å². The first-order valence-corrected chi connectivity index (χ1v) is 3.15. The second kappa shape index (κ2) is 3.23. The van der Waals surface area contributed by atoms with E-state index in [-0.39, 0.29) is 6.61 Å². The fourth-order valence-electron chi connectivity index (χ4n) is 0.705. The number of carbonyl (C=O) groups excluding carboxylic acids is 1. The highest BCUT2D eigenvalue weighted by atomic mass is 16.7. The van der Waals surface area contributed by atoms with E-state index in [2.05, 4.69) is 14.7 Å². The number of esters is 1. The van der Waals surface area contributed by atoms with E-state index in [1.165, 1.54) is 7.11 Å². The van der Waals surface area contributed by atoms with Crippen molar-refractivity contribution >= 4 is 11.9 Å². The van der Waals surface area contributed by atoms with Gasteiger partial charge in [-0.05, 0) is 0 Å². The maximum atomic E-state index is 10.8. The molecule has 0 amide bonds. The molecule has 1 aliphatic rings. The Labute approximate surface area is 63.9 Å². The van der Waals surface area contributed by atoms with Crippen molar-refractivity contribution in [3.05, 3.63) is 0 Å². The molecule has 1 atom stereocenters. The van der Waals surface area contributed by atoms with E-state index in [1.54, 1.807) is 6.92 Å². The van der Waals surface area contributed by atoms with Gasteiger partial charge in [-0.2, -0.15) is 0 Å². The fourth-order valence-corrected chi connectivity index (χ4v) is 0.705. The zero-order chi connectivity index (χ0) is 8.27. The summed E-state index contributed by atoms with van der Waals surface area (Å²) in [7, 11) is 1.30. The van der Waals surface area contributed by atoms with Crippen molar-refractivity contribution in [2.75, 3.05) is 13.7 Å². The number of carbonyl (C=O) groups is 1. The molecule has 5 heteroatoms. The predicted molar refractivity (Wildman–Crippen MR) is 35.9 cm³/mol. The highest BCUT2D eigenvalue weighted by Gasteiger charge is 2.25. The van der Waals surface area contributed by atoms with Crippen LogP contribution in [0.4, 0.5) is 0 Å². The van der Waals surface area contributed by atoms with Crippen LogP contribution >= 0.6 is 0 Å². The maximum absolute atomic E-state index is 10.8. The molecule has 1 aliphatic heterocycles. The molecular formula is C6H9NO4. The Bertz CT molecular complexity index is 189. The van der Waals surface area contributed by atoms with Crippen LogP contribution in [-0.2, 0) is 19.1 Å². The summed E-state index contributed by atoms with van der Waals surface area (Å²) in [6, 6.07) is 0. The van der Waals surface area contributed by atoms with Gasteiger partial charge in [0.25, 0.3) is 0 Å². The molecule has 0 radical (unpaired) electrons. The second-order valence-corrected chi connectivity index (χ2v) is 2.04. The first kappa shape index (κ1) is 7.84. The quantitative estimate of drug-likeness (QED) is 0.501. The Balaban J connectivity index is 2.50. The molecule has 0 saturated heterocycles. The number of hydrogen-bond acceptors (Lipinski definition) is 5. The van der Waals surface area contributed by atoms with Gasteiger partial charge in [0.1, 0.15) is 0 Å². The van der Waals surface area contributed by atoms with Crippen molar-refractivity contribution < 1.29 is 19.1 Å². The molecule has 11 heavy (non-hydrogen) atoms. The van der Waals surface area contributed by atoms with E-state index in [9.17, 15) is 4.79 Å². The van der Waals surface area contributed by atoms with Gasteiger partial charge in [-0.3, -0.25) is 0 Å². The van der Waals surface area contributed by atoms with Crippen molar-refractivity contribution in [3.8, 4) is 0 Å². The fraction of sp³-hybridized carbons (Fsp3) is 0.667. The summed E-state index contributed by atoms with van der Waals surface area (Å²) in [5.41, 5.74) is 0. The first-order valence-electron chi connectivity index (χ1n) is 3.15. The first-order chi connectivity index (χ1) is 5.24. The van der Waals surface area contributed by atoms with Gasteiger partial charge < -0.3 is 14.3 Å². The lowest BCUT2D eigenvalue weighted by Crippen LogP contribution is -2.34. The van der Waals surface area contributed by atoms with Crippen molar-refractivity contribution in [2.45, 2.75) is 13.0 Å². The summed E-state index contributed by atoms with van der Waals surface area (Å²) in [4.78, 5) is 15.5. The molecule has 1 heterocycles. The van der Waals surface area contributed by atoms with Crippen molar-refractivity contribution in [3.63, 3.8) is 0 Å². The van der Waals surface area contributed by atoms with Crippen molar-refractivity contribution in [2.24, 2.45) is 5.16 Å². The number of nitrogens with zero attached hydrogens (tertiary/aromatic N) is 1. The molecule has 0 aliphatic carbocycles. The van der Waals surface area contributed by atoms with Crippen molar-refractivity contribution in [1.82, 2.24) is 0 Å². The summed E-state index contributed by atoms with van der Waals surface area (Å²) < 4.78 is 9.43. The smallest absolute Gasteiger partial charge is 0.350 e. The van der Waals surface area contributed by atoms with E-state index in [4.69, 9.17) is 4.74 Å². The molecule has 0 aromatic heterocycles. The lowest BCUT2D eigenvalue weighted by atomic mass is 10.4. The average Bonchev–Trinajstić information content (AvgIpc) is 2.03. The van der Waals surface area contributed by atoms with Gasteiger partial charge >= 0.3 is 5.97 Å². The maximum Gasteiger partial charge on any atom is 0.350 e. The highest BCUT2D eigenvalue weighted by molar-refractivity contribution is 5.81. The molecule has 0 spiro atoms. The van der Waals surface area contributed by atoms with Gasteiger partial charge in [-0.15, -0.1) is 0 Å². The summed E-state index contributed by atoms with van der Waals surface area (Å²) in [5.74, 6) is -0.106. The number of hydrogen-bond donors (Lipinski definition) is 0. The summed E-state index contributed by atoms with van der Waals surface area (Å²) in [5, 5.41) is 3.48. The molecule has 1 rings (SSSR count). The third-order valence-electron chi connectivity index (χ3n) is 1.20. The van der Waals surface area contributed by atoms with E-state index in [0.717, 1.165) is 0 Å². The Morgan fingerprint density at radius 1 is 1.82 bits per heavy atom. The van der Waals surface area contributed by atoms with Gasteiger partial charge in [-0.25, -0.2) is 4.79 Å². The topological polar surface area (TPSA) is 57.1 Å². The molecule has 0 N–H and O–H groups in total. The van der Waals surface area contributed by atoms with E-state index >= 15 is 0 Å². The van der Waals surface area contributed by atoms with Crippen LogP contribution < -0.4 is 0 Å². The van der Waals surface area contributed by atoms with Crippen molar-refractivity contribution in [1.29, 1.82) is 0 Å². The highest BCUT2D eigenvalue weighted by Crippen LogP contribution is 2.03. The van der Waals surface area contributed by atoms with E-state index < -0.39 is 12.1 Å². The SMILES string of the molecule is COC(=O)C1CON=C(C)O1. The third kappa shape index (κ3) is 1.83. The number of methoxy groups -OCH3 is 1. The molecule has 0 aromatic carbocycles. The third-order valence-corrected chi connectivity index (χ3v) is 1.20. The molecule has 0 saturated carbocycles. The monoisotopic (exact) mass is 159 g/mol. The minimum atomic E-state index is -0.669. The van der Waals surface area contributed by atoms with Crippen LogP contribution in [0.25, 0.3) is 0 Å². The zero-order valence-corrected chi connectivity index (χ0v) is 6.36. The number of oxime groups is 1. The van der Waals surface area contributed by atoms with Crippen LogP contribution in [0.1, 0.15) is 6.92 Å². The Hall–Kier alpha value is -1.26. The van der Waals surface area contributed by atoms with E-state index in [0.29, 0.717) is 5.90 Å². The second-order valence-electron chi connectivity index (χ2n) is 2.04. The zero-order valence-electron chi connectivity index (χ0n) is 6.36. The van der Waals surface area contributed by atoms with Crippen LogP contribution in [0.2, 0.25) is 0 Å². The lowest BCUT2D eigenvalue weighted by Gasteiger charge is -2.18. The standard InChI is InChI=1S/C6H9NO4/c1-4-7-10-3-5(11-4)6(8)9-2/h5H,3H2,1-2H3. The molecule has 62 valence electrons. The van der Waals surface area contributed by atoms with Gasteiger partial charge in [0.15, 0.2) is 6.61 Å².